The summed E-state index contributed by atoms with van der Waals surface area (Å²) in [4.78, 5) is 0.115. The molecule has 0 unspecified atom stereocenters. The molecule has 4 aromatic rings. The first-order chi connectivity index (χ1) is 16.3. The minimum atomic E-state index is -3.68. The van der Waals surface area contributed by atoms with Crippen molar-refractivity contribution < 1.29 is 13.2 Å². The Labute approximate surface area is 209 Å². The molecule has 8 heteroatoms. The van der Waals surface area contributed by atoms with E-state index in [0.29, 0.717) is 29.7 Å². The molecular weight excluding hydrogens is 491 g/mol. The van der Waals surface area contributed by atoms with Gasteiger partial charge in [0.2, 0.25) is 10.0 Å². The van der Waals surface area contributed by atoms with E-state index in [1.807, 2.05) is 30.3 Å². The van der Waals surface area contributed by atoms with Gasteiger partial charge in [0.25, 0.3) is 0 Å². The molecule has 0 saturated carbocycles. The number of nitrogens with one attached hydrogen (secondary N) is 1. The van der Waals surface area contributed by atoms with Crippen LogP contribution in [0.3, 0.4) is 0 Å². The Balaban J connectivity index is 1.45. The molecule has 0 aromatic heterocycles. The standard InChI is InChI=1S/C26H24Cl2N2O3S/c27-24-11-7-19(15-25(24)28)17-33-26-12-8-20-3-1-2-4-22(20)23(26)16-30-14-13-18-5-9-21(10-6-18)34(29,31)32/h1-12,15,30H,13-14,16-17H2,(H2,29,31,32). The van der Waals surface area contributed by atoms with Crippen molar-refractivity contribution >= 4 is 44.0 Å². The van der Waals surface area contributed by atoms with E-state index >= 15 is 0 Å². The van der Waals surface area contributed by atoms with E-state index in [4.69, 9.17) is 33.1 Å². The van der Waals surface area contributed by atoms with E-state index in [1.165, 1.54) is 12.1 Å². The summed E-state index contributed by atoms with van der Waals surface area (Å²) >= 11 is 12.2. The van der Waals surface area contributed by atoms with Gasteiger partial charge in [0.15, 0.2) is 0 Å². The van der Waals surface area contributed by atoms with E-state index in [9.17, 15) is 8.42 Å². The summed E-state index contributed by atoms with van der Waals surface area (Å²) in [6.45, 7) is 1.70. The Morgan fingerprint density at radius 3 is 2.32 bits per heavy atom. The second kappa shape index (κ2) is 10.8. The topological polar surface area (TPSA) is 81.4 Å². The van der Waals surface area contributed by atoms with Crippen LogP contribution in [0.4, 0.5) is 0 Å². The van der Waals surface area contributed by atoms with E-state index in [0.717, 1.165) is 39.6 Å². The average molecular weight is 515 g/mol. The molecule has 0 saturated heterocycles. The molecular formula is C26H24Cl2N2O3S. The lowest BCUT2D eigenvalue weighted by molar-refractivity contribution is 0.303. The van der Waals surface area contributed by atoms with Gasteiger partial charge in [0, 0.05) is 12.1 Å². The van der Waals surface area contributed by atoms with Crippen LogP contribution in [0.1, 0.15) is 16.7 Å². The third-order valence-corrected chi connectivity index (χ3v) is 7.19. The van der Waals surface area contributed by atoms with Crippen LogP contribution in [0.25, 0.3) is 10.8 Å². The van der Waals surface area contributed by atoms with Crippen LogP contribution in [0.15, 0.2) is 83.8 Å². The Morgan fingerprint density at radius 1 is 0.853 bits per heavy atom. The van der Waals surface area contributed by atoms with Crippen molar-refractivity contribution in [2.24, 2.45) is 5.14 Å². The van der Waals surface area contributed by atoms with Gasteiger partial charge in [-0.05, 0) is 65.2 Å². The molecule has 4 aromatic carbocycles. The van der Waals surface area contributed by atoms with Crippen LogP contribution in [0.2, 0.25) is 10.0 Å². The molecule has 0 aliphatic rings. The molecule has 176 valence electrons. The van der Waals surface area contributed by atoms with Crippen molar-refractivity contribution in [3.63, 3.8) is 0 Å². The number of primary sulfonamides is 1. The van der Waals surface area contributed by atoms with Crippen LogP contribution in [0, 0.1) is 0 Å². The molecule has 0 atom stereocenters. The molecule has 0 fully saturated rings. The van der Waals surface area contributed by atoms with Gasteiger partial charge in [0.05, 0.1) is 14.9 Å². The maximum absolute atomic E-state index is 11.4. The van der Waals surface area contributed by atoms with Gasteiger partial charge in [-0.3, -0.25) is 0 Å². The van der Waals surface area contributed by atoms with Crippen LogP contribution >= 0.6 is 23.2 Å². The number of halogens is 2. The Hall–Kier alpha value is -2.61. The van der Waals surface area contributed by atoms with Gasteiger partial charge in [-0.1, -0.05) is 71.7 Å². The Bertz CT molecular complexity index is 1410. The molecule has 0 aliphatic carbocycles. The lowest BCUT2D eigenvalue weighted by atomic mass is 10.0. The van der Waals surface area contributed by atoms with Crippen LogP contribution in [-0.2, 0) is 29.6 Å². The second-order valence-corrected chi connectivity index (χ2v) is 10.3. The van der Waals surface area contributed by atoms with E-state index in [-0.39, 0.29) is 4.90 Å². The molecule has 0 bridgehead atoms. The number of sulfonamides is 1. The van der Waals surface area contributed by atoms with E-state index < -0.39 is 10.0 Å². The minimum absolute atomic E-state index is 0.115. The fraction of sp³-hybridized carbons (Fsp3) is 0.154. The summed E-state index contributed by atoms with van der Waals surface area (Å²) in [5.74, 6) is 0.801. The van der Waals surface area contributed by atoms with Gasteiger partial charge in [-0.25, -0.2) is 13.6 Å². The number of ether oxygens (including phenoxy) is 1. The number of rotatable bonds is 9. The van der Waals surface area contributed by atoms with Gasteiger partial charge >= 0.3 is 0 Å². The van der Waals surface area contributed by atoms with Crippen molar-refractivity contribution in [3.8, 4) is 5.75 Å². The van der Waals surface area contributed by atoms with E-state index in [2.05, 4.69) is 23.5 Å². The third-order valence-electron chi connectivity index (χ3n) is 5.52. The van der Waals surface area contributed by atoms with Gasteiger partial charge in [-0.2, -0.15) is 0 Å². The first-order valence-corrected chi connectivity index (χ1v) is 13.0. The first kappa shape index (κ1) is 24.5. The van der Waals surface area contributed by atoms with Crippen LogP contribution in [0.5, 0.6) is 5.75 Å². The highest BCUT2D eigenvalue weighted by Crippen LogP contribution is 2.29. The summed E-state index contributed by atoms with van der Waals surface area (Å²) < 4.78 is 29.0. The summed E-state index contributed by atoms with van der Waals surface area (Å²) in [7, 11) is -3.68. The summed E-state index contributed by atoms with van der Waals surface area (Å²) in [6.07, 6.45) is 0.745. The molecule has 4 rings (SSSR count). The predicted molar refractivity (Wildman–Crippen MR) is 138 cm³/mol. The summed E-state index contributed by atoms with van der Waals surface area (Å²) in [5.41, 5.74) is 3.03. The van der Waals surface area contributed by atoms with Crippen molar-refractivity contribution in [1.82, 2.24) is 5.32 Å². The molecule has 0 spiro atoms. The fourth-order valence-electron chi connectivity index (χ4n) is 3.72. The van der Waals surface area contributed by atoms with Gasteiger partial charge in [0.1, 0.15) is 12.4 Å². The normalized spacial score (nSPS) is 11.6. The summed E-state index contributed by atoms with van der Waals surface area (Å²) in [6, 6.07) is 24.3. The fourth-order valence-corrected chi connectivity index (χ4v) is 4.55. The van der Waals surface area contributed by atoms with Gasteiger partial charge < -0.3 is 10.1 Å². The molecule has 0 heterocycles. The Morgan fingerprint density at radius 2 is 1.59 bits per heavy atom. The number of hydrogen-bond acceptors (Lipinski definition) is 4. The second-order valence-electron chi connectivity index (χ2n) is 7.92. The molecule has 34 heavy (non-hydrogen) atoms. The first-order valence-electron chi connectivity index (χ1n) is 10.7. The zero-order chi connectivity index (χ0) is 24.1. The summed E-state index contributed by atoms with van der Waals surface area (Å²) in [5, 5.41) is 11.9. The zero-order valence-corrected chi connectivity index (χ0v) is 20.6. The molecule has 5 nitrogen and oxygen atoms in total. The lowest BCUT2D eigenvalue weighted by Gasteiger charge is -2.15. The highest BCUT2D eigenvalue weighted by molar-refractivity contribution is 7.89. The number of benzene rings is 4. The van der Waals surface area contributed by atoms with Crippen LogP contribution < -0.4 is 15.2 Å². The van der Waals surface area contributed by atoms with Crippen molar-refractivity contribution in [3.05, 3.63) is 106 Å². The van der Waals surface area contributed by atoms with Crippen molar-refractivity contribution in [1.29, 1.82) is 0 Å². The highest BCUT2D eigenvalue weighted by atomic mass is 35.5. The number of nitrogens with two attached hydrogens (primary N) is 1. The maximum atomic E-state index is 11.4. The number of fused-ring (bicyclic) bond motifs is 1. The SMILES string of the molecule is NS(=O)(=O)c1ccc(CCNCc2c(OCc3ccc(Cl)c(Cl)c3)ccc3ccccc23)cc1. The monoisotopic (exact) mass is 514 g/mol. The van der Waals surface area contributed by atoms with Crippen molar-refractivity contribution in [2.45, 2.75) is 24.5 Å². The molecule has 0 aliphatic heterocycles. The predicted octanol–water partition coefficient (Wildman–Crippen LogP) is 5.71. The smallest absolute Gasteiger partial charge is 0.238 e. The maximum Gasteiger partial charge on any atom is 0.238 e. The van der Waals surface area contributed by atoms with Crippen LogP contribution in [-0.4, -0.2) is 15.0 Å². The minimum Gasteiger partial charge on any atom is -0.489 e. The quantitative estimate of drug-likeness (QED) is 0.280. The van der Waals surface area contributed by atoms with Gasteiger partial charge in [-0.15, -0.1) is 0 Å². The third kappa shape index (κ3) is 6.09. The lowest BCUT2D eigenvalue weighted by Crippen LogP contribution is -2.18. The van der Waals surface area contributed by atoms with Crippen molar-refractivity contribution in [2.75, 3.05) is 6.54 Å². The number of hydrogen-bond donors (Lipinski definition) is 2. The molecule has 0 radical (unpaired) electrons. The highest BCUT2D eigenvalue weighted by Gasteiger charge is 2.10. The van der Waals surface area contributed by atoms with E-state index in [1.54, 1.807) is 18.2 Å². The molecule has 3 N–H and O–H groups in total. The molecule has 0 amide bonds. The Kier molecular flexibility index (Phi) is 7.76. The zero-order valence-electron chi connectivity index (χ0n) is 18.3. The average Bonchev–Trinajstić information content (AvgIpc) is 2.82. The largest absolute Gasteiger partial charge is 0.489 e.